The Balaban J connectivity index is 2.09. The van der Waals surface area contributed by atoms with Crippen LogP contribution in [0, 0.1) is 0 Å². The lowest BCUT2D eigenvalue weighted by Gasteiger charge is -2.28. The van der Waals surface area contributed by atoms with Crippen molar-refractivity contribution in [3.05, 3.63) is 35.4 Å². The largest absolute Gasteiger partial charge is 0.379 e. The van der Waals surface area contributed by atoms with Gasteiger partial charge in [-0.2, -0.15) is 0 Å². The molecule has 0 fully saturated rings. The van der Waals surface area contributed by atoms with E-state index in [-0.39, 0.29) is 11.5 Å². The molecule has 0 N–H and O–H groups in total. The molecule has 3 nitrogen and oxygen atoms in total. The van der Waals surface area contributed by atoms with Gasteiger partial charge in [-0.1, -0.05) is 18.2 Å². The van der Waals surface area contributed by atoms with Gasteiger partial charge in [0.25, 0.3) is 5.91 Å². The maximum absolute atomic E-state index is 12.5. The minimum atomic E-state index is -0.175. The molecule has 1 aliphatic rings. The van der Waals surface area contributed by atoms with Gasteiger partial charge in [-0.15, -0.1) is 0 Å². The van der Waals surface area contributed by atoms with Crippen LogP contribution in [0.3, 0.4) is 0 Å². The first kappa shape index (κ1) is 14.1. The normalized spacial score (nSPS) is 16.2. The van der Waals surface area contributed by atoms with Crippen LogP contribution >= 0.6 is 0 Å². The van der Waals surface area contributed by atoms with Gasteiger partial charge in [0.1, 0.15) is 0 Å². The molecule has 3 heteroatoms. The van der Waals surface area contributed by atoms with Gasteiger partial charge in [-0.3, -0.25) is 4.79 Å². The second kappa shape index (κ2) is 5.74. The standard InChI is InChI=1S/C16H23NO2/c1-16(2,19-3)10-12-17-11-6-8-13-7-4-5-9-14(13)15(17)18/h4-5,7,9H,6,8,10-12H2,1-3H3. The Bertz CT molecular complexity index is 454. The Morgan fingerprint density at radius 1 is 1.32 bits per heavy atom. The third-order valence-electron chi connectivity index (χ3n) is 3.95. The summed E-state index contributed by atoms with van der Waals surface area (Å²) in [6.07, 6.45) is 2.89. The number of hydrogen-bond acceptors (Lipinski definition) is 2. The number of hydrogen-bond donors (Lipinski definition) is 0. The van der Waals surface area contributed by atoms with Gasteiger partial charge in [0, 0.05) is 25.8 Å². The van der Waals surface area contributed by atoms with Gasteiger partial charge in [0.2, 0.25) is 0 Å². The van der Waals surface area contributed by atoms with Gasteiger partial charge in [0.05, 0.1) is 5.60 Å². The molecule has 0 saturated carbocycles. The third kappa shape index (κ3) is 3.35. The van der Waals surface area contributed by atoms with Crippen molar-refractivity contribution in [1.82, 2.24) is 4.90 Å². The highest BCUT2D eigenvalue weighted by Crippen LogP contribution is 2.20. The van der Waals surface area contributed by atoms with Crippen molar-refractivity contribution in [2.24, 2.45) is 0 Å². The Labute approximate surface area is 115 Å². The first-order valence-electron chi connectivity index (χ1n) is 6.96. The second-order valence-corrected chi connectivity index (χ2v) is 5.77. The molecule has 0 bridgehead atoms. The van der Waals surface area contributed by atoms with Crippen LogP contribution < -0.4 is 0 Å². The summed E-state index contributed by atoms with van der Waals surface area (Å²) in [6.45, 7) is 5.72. The van der Waals surface area contributed by atoms with Crippen molar-refractivity contribution < 1.29 is 9.53 Å². The molecule has 104 valence electrons. The highest BCUT2D eigenvalue weighted by Gasteiger charge is 2.24. The lowest BCUT2D eigenvalue weighted by atomic mass is 10.0. The highest BCUT2D eigenvalue weighted by atomic mass is 16.5. The van der Waals surface area contributed by atoms with Crippen LogP contribution in [0.5, 0.6) is 0 Å². The molecule has 0 saturated heterocycles. The van der Waals surface area contributed by atoms with Crippen LogP contribution in [0.25, 0.3) is 0 Å². The Morgan fingerprint density at radius 2 is 2.05 bits per heavy atom. The zero-order chi connectivity index (χ0) is 13.9. The fourth-order valence-corrected chi connectivity index (χ4v) is 2.40. The molecule has 1 heterocycles. The molecule has 2 rings (SSSR count). The summed E-state index contributed by atoms with van der Waals surface area (Å²) in [5.74, 6) is 0.167. The van der Waals surface area contributed by atoms with Gasteiger partial charge in [-0.25, -0.2) is 0 Å². The molecule has 0 unspecified atom stereocenters. The van der Waals surface area contributed by atoms with Crippen LogP contribution in [-0.4, -0.2) is 36.6 Å². The number of rotatable bonds is 4. The predicted molar refractivity (Wildman–Crippen MR) is 76.4 cm³/mol. The van der Waals surface area contributed by atoms with Crippen molar-refractivity contribution in [2.75, 3.05) is 20.2 Å². The Kier molecular flexibility index (Phi) is 4.25. The summed E-state index contributed by atoms with van der Waals surface area (Å²) in [7, 11) is 1.72. The van der Waals surface area contributed by atoms with E-state index in [1.54, 1.807) is 7.11 Å². The van der Waals surface area contributed by atoms with Crippen LogP contribution in [0.2, 0.25) is 0 Å². The van der Waals surface area contributed by atoms with Crippen molar-refractivity contribution in [3.8, 4) is 0 Å². The summed E-state index contributed by atoms with van der Waals surface area (Å²) in [6, 6.07) is 7.96. The predicted octanol–water partition coefficient (Wildman–Crippen LogP) is 2.89. The van der Waals surface area contributed by atoms with Gasteiger partial charge in [-0.05, 0) is 44.7 Å². The molecule has 1 aromatic carbocycles. The fraction of sp³-hybridized carbons (Fsp3) is 0.562. The molecule has 0 spiro atoms. The van der Waals surface area contributed by atoms with E-state index in [9.17, 15) is 4.79 Å². The number of carbonyl (C=O) groups is 1. The average Bonchev–Trinajstić information content (AvgIpc) is 2.57. The summed E-state index contributed by atoms with van der Waals surface area (Å²) < 4.78 is 5.43. The zero-order valence-corrected chi connectivity index (χ0v) is 12.1. The lowest BCUT2D eigenvalue weighted by molar-refractivity contribution is 0.00806. The molecule has 1 aromatic rings. The molecule has 0 atom stereocenters. The van der Waals surface area contributed by atoms with Crippen LogP contribution in [0.4, 0.5) is 0 Å². The molecule has 0 radical (unpaired) electrons. The summed E-state index contributed by atoms with van der Waals surface area (Å²) in [4.78, 5) is 14.5. The Morgan fingerprint density at radius 3 is 2.79 bits per heavy atom. The van der Waals surface area contributed by atoms with Crippen LogP contribution in [-0.2, 0) is 11.2 Å². The van der Waals surface area contributed by atoms with Crippen molar-refractivity contribution in [1.29, 1.82) is 0 Å². The molecule has 0 aromatic heterocycles. The van der Waals surface area contributed by atoms with Gasteiger partial charge >= 0.3 is 0 Å². The molecular weight excluding hydrogens is 238 g/mol. The Hall–Kier alpha value is -1.35. The van der Waals surface area contributed by atoms with E-state index in [1.165, 1.54) is 5.56 Å². The number of fused-ring (bicyclic) bond motifs is 1. The lowest BCUT2D eigenvalue weighted by Crippen LogP contribution is -2.36. The molecule has 19 heavy (non-hydrogen) atoms. The number of benzene rings is 1. The van der Waals surface area contributed by atoms with E-state index >= 15 is 0 Å². The minimum absolute atomic E-state index is 0.167. The van der Waals surface area contributed by atoms with Gasteiger partial charge in [0.15, 0.2) is 0 Å². The van der Waals surface area contributed by atoms with E-state index in [2.05, 4.69) is 19.9 Å². The first-order valence-corrected chi connectivity index (χ1v) is 6.96. The fourth-order valence-electron chi connectivity index (χ4n) is 2.40. The monoisotopic (exact) mass is 261 g/mol. The SMILES string of the molecule is COC(C)(C)CCN1CCCc2ccccc2C1=O. The third-order valence-corrected chi connectivity index (χ3v) is 3.95. The van der Waals surface area contributed by atoms with E-state index in [1.807, 2.05) is 23.1 Å². The van der Waals surface area contributed by atoms with Crippen LogP contribution in [0.1, 0.15) is 42.6 Å². The smallest absolute Gasteiger partial charge is 0.254 e. The number of amides is 1. The number of carbonyl (C=O) groups excluding carboxylic acids is 1. The van der Waals surface area contributed by atoms with E-state index in [4.69, 9.17) is 4.74 Å². The number of nitrogens with zero attached hydrogens (tertiary/aromatic N) is 1. The molecular formula is C16H23NO2. The van der Waals surface area contributed by atoms with Crippen LogP contribution in [0.15, 0.2) is 24.3 Å². The second-order valence-electron chi connectivity index (χ2n) is 5.77. The number of aryl methyl sites for hydroxylation is 1. The van der Waals surface area contributed by atoms with E-state index in [0.29, 0.717) is 0 Å². The van der Waals surface area contributed by atoms with Crippen molar-refractivity contribution in [2.45, 2.75) is 38.7 Å². The molecule has 1 amide bonds. The summed E-state index contributed by atoms with van der Waals surface area (Å²) in [5.41, 5.74) is 1.88. The molecule has 1 aliphatic heterocycles. The van der Waals surface area contributed by atoms with E-state index in [0.717, 1.165) is 37.9 Å². The quantitative estimate of drug-likeness (QED) is 0.834. The van der Waals surface area contributed by atoms with Crippen molar-refractivity contribution >= 4 is 5.91 Å². The van der Waals surface area contributed by atoms with Crippen molar-refractivity contribution in [3.63, 3.8) is 0 Å². The summed E-state index contributed by atoms with van der Waals surface area (Å²) >= 11 is 0. The van der Waals surface area contributed by atoms with Gasteiger partial charge < -0.3 is 9.64 Å². The topological polar surface area (TPSA) is 29.5 Å². The molecule has 0 aliphatic carbocycles. The minimum Gasteiger partial charge on any atom is -0.379 e. The summed E-state index contributed by atoms with van der Waals surface area (Å²) in [5, 5.41) is 0. The maximum Gasteiger partial charge on any atom is 0.254 e. The highest BCUT2D eigenvalue weighted by molar-refractivity contribution is 5.96. The maximum atomic E-state index is 12.5. The first-order chi connectivity index (χ1) is 9.03. The number of ether oxygens (including phenoxy) is 1. The average molecular weight is 261 g/mol. The van der Waals surface area contributed by atoms with E-state index < -0.39 is 0 Å². The zero-order valence-electron chi connectivity index (χ0n) is 12.1. The number of methoxy groups -OCH3 is 1.